The van der Waals surface area contributed by atoms with Gasteiger partial charge in [0.25, 0.3) is 0 Å². The first kappa shape index (κ1) is 53.0. The van der Waals surface area contributed by atoms with Gasteiger partial charge in [0.15, 0.2) is 23.1 Å². The Bertz CT molecular complexity index is 1810. The van der Waals surface area contributed by atoms with Gasteiger partial charge in [0.05, 0.1) is 12.2 Å². The zero-order chi connectivity index (χ0) is 44.4. The molecule has 6 saturated carbocycles. The fourth-order valence-electron chi connectivity index (χ4n) is 14.0. The minimum Gasteiger partial charge on any atom is -0.550 e. The van der Waals surface area contributed by atoms with Crippen molar-refractivity contribution in [2.24, 2.45) is 57.2 Å². The van der Waals surface area contributed by atoms with Crippen molar-refractivity contribution in [3.8, 4) is 0 Å². The van der Waals surface area contributed by atoms with Crippen LogP contribution in [0.2, 0.25) is 0 Å². The molecular formula is C46H60Na2O14. The van der Waals surface area contributed by atoms with E-state index in [-0.39, 0.29) is 117 Å². The first-order chi connectivity index (χ1) is 28.0. The molecule has 0 heterocycles. The molecule has 0 saturated heterocycles. The second-order valence-corrected chi connectivity index (χ2v) is 19.6. The predicted molar refractivity (Wildman–Crippen MR) is 209 cm³/mol. The van der Waals surface area contributed by atoms with Crippen LogP contribution in [0.5, 0.6) is 0 Å². The van der Waals surface area contributed by atoms with Crippen molar-refractivity contribution in [1.82, 2.24) is 0 Å². The molecule has 330 valence electrons. The van der Waals surface area contributed by atoms with E-state index < -0.39 is 83.8 Å². The maximum absolute atomic E-state index is 12.4. The maximum Gasteiger partial charge on any atom is 1.00 e. The number of carbonyl (C=O) groups is 6. The van der Waals surface area contributed by atoms with E-state index in [1.165, 1.54) is 0 Å². The Morgan fingerprint density at radius 2 is 0.968 bits per heavy atom. The Morgan fingerprint density at radius 3 is 1.27 bits per heavy atom. The molecule has 0 amide bonds. The molecule has 8 aliphatic carbocycles. The number of allylic oxidation sites excluding steroid dienone is 8. The number of rotatable bonds is 7. The Labute approximate surface area is 407 Å². The fraction of sp³-hybridized carbons (Fsp3) is 0.696. The van der Waals surface area contributed by atoms with Gasteiger partial charge in [-0.25, -0.2) is 0 Å². The summed E-state index contributed by atoms with van der Waals surface area (Å²) in [7, 11) is 0. The number of aliphatic carboxylic acids is 2. The van der Waals surface area contributed by atoms with Crippen LogP contribution in [-0.4, -0.2) is 102 Å². The van der Waals surface area contributed by atoms with Crippen molar-refractivity contribution >= 4 is 35.1 Å². The van der Waals surface area contributed by atoms with Crippen molar-refractivity contribution in [2.45, 2.75) is 128 Å². The summed E-state index contributed by atoms with van der Waals surface area (Å²) in [6.07, 6.45) is 14.4. The van der Waals surface area contributed by atoms with Crippen LogP contribution in [0.1, 0.15) is 105 Å². The van der Waals surface area contributed by atoms with E-state index in [1.54, 1.807) is 24.3 Å². The predicted octanol–water partition coefficient (Wildman–Crippen LogP) is -5.61. The molecule has 6 fully saturated rings. The maximum atomic E-state index is 12.4. The zero-order valence-corrected chi connectivity index (χ0v) is 40.9. The van der Waals surface area contributed by atoms with Crippen LogP contribution in [0.15, 0.2) is 47.6 Å². The van der Waals surface area contributed by atoms with Gasteiger partial charge >= 0.3 is 59.1 Å². The normalized spacial score (nSPS) is 42.9. The minimum absolute atomic E-state index is 0. The summed E-state index contributed by atoms with van der Waals surface area (Å²) in [5.41, 5.74) is -3.08. The van der Waals surface area contributed by atoms with E-state index in [1.807, 2.05) is 26.0 Å². The van der Waals surface area contributed by atoms with Crippen molar-refractivity contribution in [3.63, 3.8) is 0 Å². The largest absolute Gasteiger partial charge is 1.00 e. The third kappa shape index (κ3) is 8.60. The van der Waals surface area contributed by atoms with Gasteiger partial charge in [-0.05, 0) is 125 Å². The number of aliphatic hydroxyl groups excluding tert-OH is 4. The van der Waals surface area contributed by atoms with Crippen LogP contribution in [-0.2, 0) is 28.8 Å². The number of ketones is 4. The smallest absolute Gasteiger partial charge is 0.550 e. The number of hydrogen-bond donors (Lipinski definition) is 6. The molecule has 8 aliphatic rings. The molecule has 0 aliphatic heterocycles. The molecule has 14 atom stereocenters. The number of carboxylic acid groups (broad SMARTS) is 2. The van der Waals surface area contributed by atoms with E-state index in [0.29, 0.717) is 25.7 Å². The van der Waals surface area contributed by atoms with Crippen LogP contribution in [0, 0.1) is 57.2 Å². The molecule has 16 heteroatoms. The Hall–Kier alpha value is -1.66. The summed E-state index contributed by atoms with van der Waals surface area (Å²) < 4.78 is 0. The quantitative estimate of drug-likeness (QED) is 0.130. The van der Waals surface area contributed by atoms with E-state index in [4.69, 9.17) is 0 Å². The Balaban J connectivity index is 0.000000226. The molecule has 0 radical (unpaired) electrons. The van der Waals surface area contributed by atoms with Gasteiger partial charge in [0, 0.05) is 45.4 Å². The molecule has 62 heavy (non-hydrogen) atoms. The van der Waals surface area contributed by atoms with Crippen LogP contribution in [0.3, 0.4) is 0 Å². The standard InChI is InChI=1S/2C21H28O5.C4H6O4.2Na/c2*1-19-7-5-13(23)9-12(19)3-4-14-15-6-8-21(26,17(25)11-22)20(15,2)10-16(24)18(14)19;5-3(6)1-2-4(7)8;;/h2*5,7,9,14-16,18,22,24,26H,3-4,6,8,10-11H2,1-2H3;1-2H2,(H,5,6)(H,7,8);;/q;;;2*+1/p-2/t14?,15?,16?,18?,19-,20-,21-;14-,15?,16?,18+,19+,20+,21+;;;/m01.../s1. The summed E-state index contributed by atoms with van der Waals surface area (Å²) in [6, 6.07) is 0. The average molecular weight is 883 g/mol. The number of hydrogen-bond acceptors (Lipinski definition) is 14. The molecule has 6 N–H and O–H groups in total. The van der Waals surface area contributed by atoms with E-state index in [9.17, 15) is 69.6 Å². The third-order valence-corrected chi connectivity index (χ3v) is 17.0. The van der Waals surface area contributed by atoms with Crippen molar-refractivity contribution < 1.29 is 129 Å². The van der Waals surface area contributed by atoms with Gasteiger partial charge in [0.2, 0.25) is 0 Å². The van der Waals surface area contributed by atoms with Crippen molar-refractivity contribution in [2.75, 3.05) is 13.2 Å². The molecule has 0 aromatic heterocycles. The average Bonchev–Trinajstić information content (AvgIpc) is 3.62. The first-order valence-corrected chi connectivity index (χ1v) is 21.3. The number of carbonyl (C=O) groups excluding carboxylic acids is 6. The van der Waals surface area contributed by atoms with E-state index >= 15 is 0 Å². The van der Waals surface area contributed by atoms with Crippen molar-refractivity contribution in [3.05, 3.63) is 47.6 Å². The third-order valence-electron chi connectivity index (χ3n) is 17.0. The molecule has 8 rings (SSSR count). The minimum atomic E-state index is -1.56. The van der Waals surface area contributed by atoms with Gasteiger partial charge in [-0.15, -0.1) is 0 Å². The van der Waals surface area contributed by atoms with Crippen LogP contribution >= 0.6 is 0 Å². The molecule has 0 aromatic carbocycles. The summed E-state index contributed by atoms with van der Waals surface area (Å²) in [5.74, 6) is -3.19. The van der Waals surface area contributed by atoms with Crippen LogP contribution in [0.25, 0.3) is 0 Å². The molecule has 6 unspecified atom stereocenters. The number of fused-ring (bicyclic) bond motifs is 10. The topological polar surface area (TPSA) is 270 Å². The van der Waals surface area contributed by atoms with Gasteiger partial charge in [-0.2, -0.15) is 0 Å². The summed E-state index contributed by atoms with van der Waals surface area (Å²) in [4.78, 5) is 67.3. The van der Waals surface area contributed by atoms with Crippen LogP contribution < -0.4 is 69.3 Å². The van der Waals surface area contributed by atoms with Gasteiger partial charge in [-0.3, -0.25) is 19.2 Å². The molecule has 14 nitrogen and oxygen atoms in total. The molecule has 0 bridgehead atoms. The molecule has 0 spiro atoms. The SMILES string of the molecule is C[C@]12C=CC(=O)C=C1CCC1C2C(O)C[C@@]2(C)C1CC[C@]2(O)C(=O)CO.C[C@]12C=CC(=O)C=C1CC[C@@H]1C3CC[C@](O)(C(=O)CO)[C@@]3(C)CC(O)[C@H]12.O=C([O-])CCC(=O)[O-].[Na+].[Na+]. The van der Waals surface area contributed by atoms with E-state index in [0.717, 1.165) is 49.7 Å². The fourth-order valence-corrected chi connectivity index (χ4v) is 14.0. The Morgan fingerprint density at radius 1 is 0.629 bits per heavy atom. The molecule has 0 aromatic rings. The number of carboxylic acids is 2. The zero-order valence-electron chi connectivity index (χ0n) is 36.9. The summed E-state index contributed by atoms with van der Waals surface area (Å²) in [5, 5.41) is 82.3. The monoisotopic (exact) mass is 882 g/mol. The number of Topliss-reactive ketones (excluding diaryl/α,β-unsaturated/α-hetero) is 2. The summed E-state index contributed by atoms with van der Waals surface area (Å²) >= 11 is 0. The van der Waals surface area contributed by atoms with Crippen LogP contribution in [0.4, 0.5) is 0 Å². The van der Waals surface area contributed by atoms with Crippen molar-refractivity contribution in [1.29, 1.82) is 0 Å². The first-order valence-electron chi connectivity index (χ1n) is 21.3. The molecular weight excluding hydrogens is 822 g/mol. The Kier molecular flexibility index (Phi) is 16.5. The van der Waals surface area contributed by atoms with Gasteiger partial charge < -0.3 is 50.4 Å². The second kappa shape index (κ2) is 19.3. The van der Waals surface area contributed by atoms with Gasteiger partial charge in [0.1, 0.15) is 24.4 Å². The summed E-state index contributed by atoms with van der Waals surface area (Å²) in [6.45, 7) is 6.68. The number of aliphatic hydroxyl groups is 6. The van der Waals surface area contributed by atoms with Gasteiger partial charge in [-0.1, -0.05) is 51.0 Å². The second-order valence-electron chi connectivity index (χ2n) is 19.6. The van der Waals surface area contributed by atoms with E-state index in [2.05, 4.69) is 13.8 Å².